The van der Waals surface area contributed by atoms with E-state index in [0.29, 0.717) is 36.8 Å². The topological polar surface area (TPSA) is 93.6 Å². The summed E-state index contributed by atoms with van der Waals surface area (Å²) in [6.07, 6.45) is 1.92. The van der Waals surface area contributed by atoms with Gasteiger partial charge in [-0.3, -0.25) is 0 Å². The molecule has 0 fully saturated rings. The average Bonchev–Trinajstić information content (AvgIpc) is 2.43. The molecule has 0 aliphatic carbocycles. The van der Waals surface area contributed by atoms with Gasteiger partial charge in [0, 0.05) is 32.9 Å². The van der Waals surface area contributed by atoms with Gasteiger partial charge in [0.15, 0.2) is 0 Å². The fraction of sp³-hybridized carbons (Fsp3) is 0.643. The highest BCUT2D eigenvalue weighted by Crippen LogP contribution is 2.12. The Morgan fingerprint density at radius 2 is 2.24 bits per heavy atom. The molecule has 1 aromatic heterocycles. The first-order valence-corrected chi connectivity index (χ1v) is 6.85. The number of aliphatic hydroxyl groups is 1. The monoisotopic (exact) mass is 297 g/mol. The Balaban J connectivity index is 2.65. The maximum Gasteiger partial charge on any atom is 0.341 e. The van der Waals surface area contributed by atoms with Crippen molar-refractivity contribution in [3.63, 3.8) is 0 Å². The molecule has 0 aliphatic heterocycles. The van der Waals surface area contributed by atoms with Crippen LogP contribution in [0.5, 0.6) is 0 Å². The quantitative estimate of drug-likeness (QED) is 0.695. The van der Waals surface area contributed by atoms with Gasteiger partial charge in [-0.25, -0.2) is 14.8 Å². The molecule has 0 amide bonds. The summed E-state index contributed by atoms with van der Waals surface area (Å²) in [4.78, 5) is 19.9. The minimum Gasteiger partial charge on any atom is -0.462 e. The number of carbonyl (C=O) groups excluding carboxylic acids is 1. The number of rotatable bonds is 8. The molecule has 0 radical (unpaired) electrons. The molecule has 1 heterocycles. The third-order valence-electron chi connectivity index (χ3n) is 2.95. The number of aryl methyl sites for hydroxylation is 1. The Bertz CT molecular complexity index is 477. The number of esters is 1. The van der Waals surface area contributed by atoms with Crippen molar-refractivity contribution in [2.24, 2.45) is 0 Å². The molecule has 7 nitrogen and oxygen atoms in total. The van der Waals surface area contributed by atoms with Gasteiger partial charge in [0.05, 0.1) is 23.5 Å². The van der Waals surface area contributed by atoms with Crippen LogP contribution in [0.15, 0.2) is 6.20 Å². The first-order valence-electron chi connectivity index (χ1n) is 6.85. The molecule has 1 rings (SSSR count). The highest BCUT2D eigenvalue weighted by molar-refractivity contribution is 5.90. The Labute approximate surface area is 124 Å². The van der Waals surface area contributed by atoms with Crippen LogP contribution in [0.25, 0.3) is 0 Å². The number of hydrogen-bond donors (Lipinski definition) is 2. The van der Waals surface area contributed by atoms with Crippen LogP contribution in [-0.2, 0) is 9.47 Å². The van der Waals surface area contributed by atoms with Crippen LogP contribution in [0.1, 0.15) is 36.3 Å². The SMILES string of the molecule is CCOC(=O)c1cnc(NCC(C)(O)CCOC)nc1C. The number of nitrogens with zero attached hydrogens (tertiary/aromatic N) is 2. The number of nitrogens with one attached hydrogen (secondary N) is 1. The third kappa shape index (κ3) is 5.65. The predicted molar refractivity (Wildman–Crippen MR) is 78.3 cm³/mol. The summed E-state index contributed by atoms with van der Waals surface area (Å²) in [5.41, 5.74) is -0.0522. The maximum absolute atomic E-state index is 11.6. The van der Waals surface area contributed by atoms with Crippen molar-refractivity contribution in [3.05, 3.63) is 17.5 Å². The fourth-order valence-electron chi connectivity index (χ4n) is 1.64. The van der Waals surface area contributed by atoms with Gasteiger partial charge in [-0.15, -0.1) is 0 Å². The number of aromatic nitrogens is 2. The molecule has 0 aliphatic rings. The van der Waals surface area contributed by atoms with Gasteiger partial charge in [-0.1, -0.05) is 0 Å². The average molecular weight is 297 g/mol. The summed E-state index contributed by atoms with van der Waals surface area (Å²) in [5.74, 6) is -0.0770. The molecule has 0 aromatic carbocycles. The first kappa shape index (κ1) is 17.3. The summed E-state index contributed by atoms with van der Waals surface area (Å²) in [6.45, 7) is 6.22. The van der Waals surface area contributed by atoms with Crippen LogP contribution in [0, 0.1) is 6.92 Å². The maximum atomic E-state index is 11.6. The van der Waals surface area contributed by atoms with Crippen LogP contribution >= 0.6 is 0 Å². The van der Waals surface area contributed by atoms with Gasteiger partial charge in [0.2, 0.25) is 5.95 Å². The van der Waals surface area contributed by atoms with E-state index in [1.807, 2.05) is 0 Å². The molecule has 0 bridgehead atoms. The Morgan fingerprint density at radius 3 is 2.81 bits per heavy atom. The van der Waals surface area contributed by atoms with Crippen molar-refractivity contribution in [1.82, 2.24) is 9.97 Å². The van der Waals surface area contributed by atoms with Gasteiger partial charge < -0.3 is 19.9 Å². The molecule has 0 saturated carbocycles. The normalized spacial score (nSPS) is 13.6. The van der Waals surface area contributed by atoms with E-state index in [-0.39, 0.29) is 6.54 Å². The molecular weight excluding hydrogens is 274 g/mol. The molecule has 7 heteroatoms. The smallest absolute Gasteiger partial charge is 0.341 e. The standard InChI is InChI=1S/C14H23N3O4/c1-5-21-12(18)11-8-15-13(17-10(11)2)16-9-14(3,19)6-7-20-4/h8,19H,5-7,9H2,1-4H3,(H,15,16,17). The van der Waals surface area contributed by atoms with Crippen LogP contribution < -0.4 is 5.32 Å². The molecular formula is C14H23N3O4. The summed E-state index contributed by atoms with van der Waals surface area (Å²) >= 11 is 0. The van der Waals surface area contributed by atoms with Crippen molar-refractivity contribution in [2.45, 2.75) is 32.8 Å². The highest BCUT2D eigenvalue weighted by Gasteiger charge is 2.20. The summed E-state index contributed by atoms with van der Waals surface area (Å²) in [7, 11) is 1.59. The van der Waals surface area contributed by atoms with Crippen molar-refractivity contribution < 1.29 is 19.4 Å². The molecule has 0 saturated heterocycles. The largest absolute Gasteiger partial charge is 0.462 e. The van der Waals surface area contributed by atoms with Crippen molar-refractivity contribution in [2.75, 3.05) is 32.2 Å². The number of hydrogen-bond acceptors (Lipinski definition) is 7. The van der Waals surface area contributed by atoms with Gasteiger partial charge in [-0.2, -0.15) is 0 Å². The second-order valence-electron chi connectivity index (χ2n) is 5.01. The predicted octanol–water partition coefficient (Wildman–Crippen LogP) is 1.16. The molecule has 1 unspecified atom stereocenters. The lowest BCUT2D eigenvalue weighted by molar-refractivity contribution is 0.0355. The second-order valence-corrected chi connectivity index (χ2v) is 5.01. The number of carbonyl (C=O) groups is 1. The number of methoxy groups -OCH3 is 1. The fourth-order valence-corrected chi connectivity index (χ4v) is 1.64. The molecule has 1 atom stereocenters. The minimum atomic E-state index is -0.924. The van der Waals surface area contributed by atoms with E-state index in [0.717, 1.165) is 0 Å². The van der Waals surface area contributed by atoms with Crippen LogP contribution in [0.3, 0.4) is 0 Å². The summed E-state index contributed by atoms with van der Waals surface area (Å²) < 4.78 is 9.86. The van der Waals surface area contributed by atoms with Crippen molar-refractivity contribution in [1.29, 1.82) is 0 Å². The minimum absolute atomic E-state index is 0.286. The number of anilines is 1. The molecule has 118 valence electrons. The van der Waals surface area contributed by atoms with E-state index < -0.39 is 11.6 Å². The Morgan fingerprint density at radius 1 is 1.52 bits per heavy atom. The molecule has 21 heavy (non-hydrogen) atoms. The van der Waals surface area contributed by atoms with Gasteiger partial charge >= 0.3 is 5.97 Å². The molecule has 0 spiro atoms. The van der Waals surface area contributed by atoms with Crippen LogP contribution in [0.4, 0.5) is 5.95 Å². The summed E-state index contributed by atoms with van der Waals surface area (Å²) in [5, 5.41) is 13.1. The Hall–Kier alpha value is -1.73. The lowest BCUT2D eigenvalue weighted by Crippen LogP contribution is -2.35. The van der Waals surface area contributed by atoms with Gasteiger partial charge in [-0.05, 0) is 20.8 Å². The summed E-state index contributed by atoms with van der Waals surface area (Å²) in [6, 6.07) is 0. The highest BCUT2D eigenvalue weighted by atomic mass is 16.5. The van der Waals surface area contributed by atoms with Gasteiger partial charge in [0.25, 0.3) is 0 Å². The number of ether oxygens (including phenoxy) is 2. The molecule has 1 aromatic rings. The Kier molecular flexibility index (Phi) is 6.51. The van der Waals surface area contributed by atoms with Crippen LogP contribution in [-0.4, -0.2) is 53.5 Å². The van der Waals surface area contributed by atoms with E-state index >= 15 is 0 Å². The zero-order valence-corrected chi connectivity index (χ0v) is 13.0. The third-order valence-corrected chi connectivity index (χ3v) is 2.95. The van der Waals surface area contributed by atoms with Crippen molar-refractivity contribution in [3.8, 4) is 0 Å². The van der Waals surface area contributed by atoms with E-state index in [4.69, 9.17) is 9.47 Å². The lowest BCUT2D eigenvalue weighted by Gasteiger charge is -2.23. The zero-order valence-electron chi connectivity index (χ0n) is 13.0. The van der Waals surface area contributed by atoms with Crippen LogP contribution in [0.2, 0.25) is 0 Å². The molecule has 2 N–H and O–H groups in total. The first-order chi connectivity index (χ1) is 9.89. The lowest BCUT2D eigenvalue weighted by atomic mass is 10.0. The van der Waals surface area contributed by atoms with Gasteiger partial charge in [0.1, 0.15) is 0 Å². The van der Waals surface area contributed by atoms with E-state index in [1.54, 1.807) is 27.9 Å². The zero-order chi connectivity index (χ0) is 15.9. The van der Waals surface area contributed by atoms with Crippen molar-refractivity contribution >= 4 is 11.9 Å². The van der Waals surface area contributed by atoms with E-state index in [2.05, 4.69) is 15.3 Å². The van der Waals surface area contributed by atoms with E-state index in [1.165, 1.54) is 6.20 Å². The second kappa shape index (κ2) is 7.90. The van der Waals surface area contributed by atoms with E-state index in [9.17, 15) is 9.90 Å².